The molecule has 2 fully saturated rings. The molecule has 0 aromatic rings. The Hall–Kier alpha value is -0.300. The molecule has 0 aromatic carbocycles. The fraction of sp³-hybridized carbons (Fsp3) is 0.818. The Bertz CT molecular complexity index is 197. The number of allylic oxidation sites excluding steroid dienone is 1. The van der Waals surface area contributed by atoms with E-state index >= 15 is 0 Å². The Morgan fingerprint density at radius 1 is 1.17 bits per heavy atom. The number of piperidine rings is 1. The molecular formula is C11H19N. The molecule has 0 aliphatic carbocycles. The van der Waals surface area contributed by atoms with Crippen molar-refractivity contribution >= 4 is 0 Å². The van der Waals surface area contributed by atoms with E-state index in [-0.39, 0.29) is 0 Å². The number of fused-ring (bicyclic) bond motifs is 2. The van der Waals surface area contributed by atoms with Crippen molar-refractivity contribution in [3.8, 4) is 0 Å². The lowest BCUT2D eigenvalue weighted by Gasteiger charge is -2.33. The Labute approximate surface area is 75.4 Å². The first-order chi connectivity index (χ1) is 5.68. The lowest BCUT2D eigenvalue weighted by Crippen LogP contribution is -2.37. The predicted octanol–water partition coefficient (Wildman–Crippen LogP) is 2.58. The Balaban J connectivity index is 2.18. The zero-order valence-electron chi connectivity index (χ0n) is 8.43. The molecule has 2 heterocycles. The van der Waals surface area contributed by atoms with Crippen molar-refractivity contribution in [1.82, 2.24) is 4.90 Å². The third-order valence-corrected chi connectivity index (χ3v) is 3.66. The molecule has 1 nitrogen and oxygen atoms in total. The summed E-state index contributed by atoms with van der Waals surface area (Å²) < 4.78 is 0. The summed E-state index contributed by atoms with van der Waals surface area (Å²) >= 11 is 0. The first-order valence-electron chi connectivity index (χ1n) is 5.05. The van der Waals surface area contributed by atoms with Crippen molar-refractivity contribution < 1.29 is 0 Å². The smallest absolute Gasteiger partial charge is 0.0133 e. The van der Waals surface area contributed by atoms with Crippen LogP contribution in [0.1, 0.15) is 39.5 Å². The molecule has 2 unspecified atom stereocenters. The number of hydrogen-bond donors (Lipinski definition) is 0. The summed E-state index contributed by atoms with van der Waals surface area (Å²) in [6, 6.07) is 1.74. The molecular weight excluding hydrogens is 146 g/mol. The highest BCUT2D eigenvalue weighted by Gasteiger charge is 2.35. The van der Waals surface area contributed by atoms with E-state index < -0.39 is 0 Å². The minimum atomic E-state index is 0.869. The molecule has 2 rings (SSSR count). The molecule has 0 N–H and O–H groups in total. The summed E-state index contributed by atoms with van der Waals surface area (Å²) in [4.78, 5) is 2.59. The van der Waals surface area contributed by atoms with E-state index in [0.29, 0.717) is 0 Å². The highest BCUT2D eigenvalue weighted by Crippen LogP contribution is 2.37. The van der Waals surface area contributed by atoms with Crippen molar-refractivity contribution in [2.24, 2.45) is 0 Å². The average molecular weight is 165 g/mol. The fourth-order valence-corrected chi connectivity index (χ4v) is 2.64. The normalized spacial score (nSPS) is 35.8. The van der Waals surface area contributed by atoms with Gasteiger partial charge in [-0.1, -0.05) is 11.1 Å². The van der Waals surface area contributed by atoms with Crippen LogP contribution in [0.2, 0.25) is 0 Å². The monoisotopic (exact) mass is 165 g/mol. The van der Waals surface area contributed by atoms with Crippen LogP contribution in [0.5, 0.6) is 0 Å². The van der Waals surface area contributed by atoms with Crippen molar-refractivity contribution in [2.75, 3.05) is 7.05 Å². The molecule has 1 heteroatoms. The van der Waals surface area contributed by atoms with Crippen LogP contribution in [0.25, 0.3) is 0 Å². The summed E-state index contributed by atoms with van der Waals surface area (Å²) in [5.74, 6) is 0. The maximum absolute atomic E-state index is 2.59. The molecule has 2 aliphatic rings. The highest BCUT2D eigenvalue weighted by molar-refractivity contribution is 5.18. The van der Waals surface area contributed by atoms with E-state index in [4.69, 9.17) is 0 Å². The van der Waals surface area contributed by atoms with Crippen LogP contribution in [0.4, 0.5) is 0 Å². The van der Waals surface area contributed by atoms with Crippen LogP contribution in [-0.4, -0.2) is 24.0 Å². The topological polar surface area (TPSA) is 3.24 Å². The molecule has 0 radical (unpaired) electrons. The van der Waals surface area contributed by atoms with Crippen molar-refractivity contribution in [3.63, 3.8) is 0 Å². The molecule has 2 atom stereocenters. The largest absolute Gasteiger partial charge is 0.300 e. The minimum Gasteiger partial charge on any atom is -0.300 e. The number of nitrogens with zero attached hydrogens (tertiary/aromatic N) is 1. The van der Waals surface area contributed by atoms with Gasteiger partial charge in [0, 0.05) is 12.1 Å². The Kier molecular flexibility index (Phi) is 1.99. The second kappa shape index (κ2) is 2.88. The van der Waals surface area contributed by atoms with Gasteiger partial charge in [0.1, 0.15) is 0 Å². The van der Waals surface area contributed by atoms with E-state index in [0.717, 1.165) is 12.1 Å². The van der Waals surface area contributed by atoms with Gasteiger partial charge in [0.25, 0.3) is 0 Å². The maximum atomic E-state index is 2.59. The quantitative estimate of drug-likeness (QED) is 0.499. The van der Waals surface area contributed by atoms with Crippen molar-refractivity contribution in [3.05, 3.63) is 11.1 Å². The van der Waals surface area contributed by atoms with Gasteiger partial charge in [-0.05, 0) is 46.6 Å². The van der Waals surface area contributed by atoms with Gasteiger partial charge in [-0.15, -0.1) is 0 Å². The van der Waals surface area contributed by atoms with E-state index in [1.165, 1.54) is 25.7 Å². The van der Waals surface area contributed by atoms with Gasteiger partial charge in [0.2, 0.25) is 0 Å². The summed E-state index contributed by atoms with van der Waals surface area (Å²) in [6.07, 6.45) is 5.54. The van der Waals surface area contributed by atoms with Gasteiger partial charge in [0.15, 0.2) is 0 Å². The standard InChI is InChI=1S/C11H19N/c1-8(2)9-6-10-4-5-11(7-9)12(10)3/h10-11H,4-7H2,1-3H3. The highest BCUT2D eigenvalue weighted by atomic mass is 15.2. The molecule has 12 heavy (non-hydrogen) atoms. The van der Waals surface area contributed by atoms with Crippen LogP contribution in [0, 0.1) is 0 Å². The lowest BCUT2D eigenvalue weighted by atomic mass is 9.94. The van der Waals surface area contributed by atoms with Gasteiger partial charge in [0.05, 0.1) is 0 Å². The average Bonchev–Trinajstić information content (AvgIpc) is 2.30. The lowest BCUT2D eigenvalue weighted by molar-refractivity contribution is 0.208. The summed E-state index contributed by atoms with van der Waals surface area (Å²) in [7, 11) is 2.30. The number of hydrogen-bond acceptors (Lipinski definition) is 1. The van der Waals surface area contributed by atoms with Crippen molar-refractivity contribution in [1.29, 1.82) is 0 Å². The van der Waals surface area contributed by atoms with Crippen LogP contribution < -0.4 is 0 Å². The summed E-state index contributed by atoms with van der Waals surface area (Å²) in [6.45, 7) is 4.53. The van der Waals surface area contributed by atoms with Gasteiger partial charge < -0.3 is 0 Å². The van der Waals surface area contributed by atoms with Gasteiger partial charge >= 0.3 is 0 Å². The third-order valence-electron chi connectivity index (χ3n) is 3.66. The molecule has 2 aliphatic heterocycles. The Morgan fingerprint density at radius 2 is 1.67 bits per heavy atom. The summed E-state index contributed by atoms with van der Waals surface area (Å²) in [5.41, 5.74) is 3.31. The second-order valence-electron chi connectivity index (χ2n) is 4.56. The number of rotatable bonds is 0. The molecule has 0 aromatic heterocycles. The van der Waals surface area contributed by atoms with Gasteiger partial charge in [-0.3, -0.25) is 4.90 Å². The van der Waals surface area contributed by atoms with Crippen molar-refractivity contribution in [2.45, 2.75) is 51.6 Å². The van der Waals surface area contributed by atoms with Gasteiger partial charge in [-0.2, -0.15) is 0 Å². The second-order valence-corrected chi connectivity index (χ2v) is 4.56. The van der Waals surface area contributed by atoms with E-state index in [2.05, 4.69) is 25.8 Å². The molecule has 0 saturated carbocycles. The van der Waals surface area contributed by atoms with Crippen LogP contribution >= 0.6 is 0 Å². The van der Waals surface area contributed by atoms with E-state index in [1.807, 2.05) is 0 Å². The maximum Gasteiger partial charge on any atom is 0.0133 e. The zero-order valence-corrected chi connectivity index (χ0v) is 8.43. The molecule has 0 amide bonds. The predicted molar refractivity (Wildman–Crippen MR) is 52.2 cm³/mol. The minimum absolute atomic E-state index is 0.869. The molecule has 0 spiro atoms. The summed E-state index contributed by atoms with van der Waals surface area (Å²) in [5, 5.41) is 0. The molecule has 2 saturated heterocycles. The fourth-order valence-electron chi connectivity index (χ4n) is 2.64. The van der Waals surface area contributed by atoms with Gasteiger partial charge in [-0.25, -0.2) is 0 Å². The van der Waals surface area contributed by atoms with E-state index in [1.54, 1.807) is 11.1 Å². The van der Waals surface area contributed by atoms with Crippen LogP contribution in [0.3, 0.4) is 0 Å². The zero-order chi connectivity index (χ0) is 8.72. The first-order valence-corrected chi connectivity index (χ1v) is 5.05. The molecule has 68 valence electrons. The van der Waals surface area contributed by atoms with E-state index in [9.17, 15) is 0 Å². The Morgan fingerprint density at radius 3 is 2.08 bits per heavy atom. The molecule has 2 bridgehead atoms. The SMILES string of the molecule is CC(C)=C1CC2CCC(C1)N2C. The third kappa shape index (κ3) is 1.20. The van der Waals surface area contributed by atoms with Crippen LogP contribution in [0.15, 0.2) is 11.1 Å². The first kappa shape index (κ1) is 8.31. The van der Waals surface area contributed by atoms with Crippen LogP contribution in [-0.2, 0) is 0 Å².